The predicted molar refractivity (Wildman–Crippen MR) is 68.7 cm³/mol. The van der Waals surface area contributed by atoms with Gasteiger partial charge in [0.15, 0.2) is 6.29 Å². The molecule has 0 saturated heterocycles. The molecule has 0 fully saturated rings. The summed E-state index contributed by atoms with van der Waals surface area (Å²) < 4.78 is 0. The lowest BCUT2D eigenvalue weighted by molar-refractivity contribution is 0.112. The van der Waals surface area contributed by atoms with Crippen molar-refractivity contribution in [1.82, 2.24) is 15.0 Å². The topological polar surface area (TPSA) is 67.8 Å². The molecule has 1 N–H and O–H groups in total. The summed E-state index contributed by atoms with van der Waals surface area (Å²) >= 11 is 5.80. The number of halogens is 1. The zero-order valence-electron chi connectivity index (χ0n) is 9.72. The van der Waals surface area contributed by atoms with Gasteiger partial charge in [-0.25, -0.2) is 9.97 Å². The molecule has 92 valence electrons. The van der Waals surface area contributed by atoms with Gasteiger partial charge in [-0.15, -0.1) is 0 Å². The summed E-state index contributed by atoms with van der Waals surface area (Å²) in [5.74, 6) is 0.422. The first kappa shape index (κ1) is 12.4. The highest BCUT2D eigenvalue weighted by Crippen LogP contribution is 2.17. The van der Waals surface area contributed by atoms with Crippen molar-refractivity contribution in [2.24, 2.45) is 0 Å². The highest BCUT2D eigenvalue weighted by atomic mass is 35.5. The maximum absolute atomic E-state index is 10.9. The maximum Gasteiger partial charge on any atom is 0.156 e. The van der Waals surface area contributed by atoms with Crippen molar-refractivity contribution in [3.63, 3.8) is 0 Å². The Kier molecular flexibility index (Phi) is 3.84. The molecule has 2 aromatic rings. The molecule has 0 spiro atoms. The molecule has 6 heteroatoms. The van der Waals surface area contributed by atoms with Gasteiger partial charge in [-0.1, -0.05) is 17.7 Å². The smallest absolute Gasteiger partial charge is 0.156 e. The van der Waals surface area contributed by atoms with Crippen LogP contribution in [0, 0.1) is 6.92 Å². The molecule has 0 radical (unpaired) electrons. The Labute approximate surface area is 109 Å². The van der Waals surface area contributed by atoms with Crippen molar-refractivity contribution in [2.75, 3.05) is 5.32 Å². The van der Waals surface area contributed by atoms with E-state index in [1.165, 1.54) is 6.33 Å². The van der Waals surface area contributed by atoms with Gasteiger partial charge < -0.3 is 5.32 Å². The van der Waals surface area contributed by atoms with Crippen molar-refractivity contribution >= 4 is 23.7 Å². The number of nitrogens with one attached hydrogen (secondary N) is 1. The number of carbonyl (C=O) groups is 1. The molecule has 18 heavy (non-hydrogen) atoms. The first-order valence-corrected chi connectivity index (χ1v) is 5.69. The van der Waals surface area contributed by atoms with E-state index < -0.39 is 0 Å². The quantitative estimate of drug-likeness (QED) is 0.676. The van der Waals surface area contributed by atoms with Crippen LogP contribution < -0.4 is 5.32 Å². The molecule has 0 aromatic carbocycles. The van der Waals surface area contributed by atoms with Crippen LogP contribution in [0.15, 0.2) is 24.7 Å². The van der Waals surface area contributed by atoms with Crippen LogP contribution in [0.5, 0.6) is 0 Å². The molecule has 0 amide bonds. The van der Waals surface area contributed by atoms with E-state index in [9.17, 15) is 4.79 Å². The summed E-state index contributed by atoms with van der Waals surface area (Å²) in [5, 5.41) is 3.18. The second-order valence-electron chi connectivity index (χ2n) is 3.71. The number of rotatable bonds is 4. The summed E-state index contributed by atoms with van der Waals surface area (Å²) in [7, 11) is 0. The molecule has 0 unspecified atom stereocenters. The summed E-state index contributed by atoms with van der Waals surface area (Å²) in [6.07, 6.45) is 3.72. The van der Waals surface area contributed by atoms with Gasteiger partial charge in [-0.05, 0) is 18.6 Å². The van der Waals surface area contributed by atoms with E-state index in [-0.39, 0.29) is 10.7 Å². The molecule has 0 aliphatic rings. The summed E-state index contributed by atoms with van der Waals surface area (Å²) in [5.41, 5.74) is 2.21. The number of pyridine rings is 1. The monoisotopic (exact) mass is 262 g/mol. The number of carbonyl (C=O) groups excluding carboxylic acids is 1. The summed E-state index contributed by atoms with van der Waals surface area (Å²) in [6.45, 7) is 2.44. The van der Waals surface area contributed by atoms with Gasteiger partial charge in [0, 0.05) is 18.4 Å². The number of hydrogen-bond donors (Lipinski definition) is 1. The zero-order valence-corrected chi connectivity index (χ0v) is 10.5. The van der Waals surface area contributed by atoms with Crippen LogP contribution in [-0.2, 0) is 6.54 Å². The van der Waals surface area contributed by atoms with Gasteiger partial charge >= 0.3 is 0 Å². The minimum atomic E-state index is 0.143. The second kappa shape index (κ2) is 5.55. The van der Waals surface area contributed by atoms with Crippen LogP contribution in [0.2, 0.25) is 5.15 Å². The molecule has 5 nitrogen and oxygen atoms in total. The third kappa shape index (κ3) is 2.81. The molecule has 2 rings (SSSR count). The van der Waals surface area contributed by atoms with E-state index >= 15 is 0 Å². The Balaban J connectivity index is 2.13. The first-order valence-electron chi connectivity index (χ1n) is 5.32. The van der Waals surface area contributed by atoms with Gasteiger partial charge in [0.05, 0.1) is 5.56 Å². The lowest BCUT2D eigenvalue weighted by Gasteiger charge is -2.08. The number of aldehydes is 1. The standard InChI is InChI=1S/C12H11ClN4O/c1-8-2-3-9(4-14-8)5-15-12-10(6-18)11(13)16-7-17-12/h2-4,6-7H,5H2,1H3,(H,15,16,17). The first-order chi connectivity index (χ1) is 8.70. The van der Waals surface area contributed by atoms with Crippen LogP contribution in [0.1, 0.15) is 21.6 Å². The van der Waals surface area contributed by atoms with Gasteiger partial charge in [0.25, 0.3) is 0 Å². The van der Waals surface area contributed by atoms with E-state index in [2.05, 4.69) is 20.3 Å². The van der Waals surface area contributed by atoms with E-state index in [0.29, 0.717) is 18.6 Å². The molecule has 0 aliphatic heterocycles. The van der Waals surface area contributed by atoms with E-state index in [1.807, 2.05) is 19.1 Å². The van der Waals surface area contributed by atoms with Gasteiger partial charge in [0.2, 0.25) is 0 Å². The van der Waals surface area contributed by atoms with Crippen molar-refractivity contribution in [1.29, 1.82) is 0 Å². The zero-order chi connectivity index (χ0) is 13.0. The van der Waals surface area contributed by atoms with Crippen LogP contribution in [0.4, 0.5) is 5.82 Å². The average Bonchev–Trinajstić information content (AvgIpc) is 2.38. The summed E-state index contributed by atoms with van der Waals surface area (Å²) in [6, 6.07) is 3.88. The number of aryl methyl sites for hydroxylation is 1. The fraction of sp³-hybridized carbons (Fsp3) is 0.167. The summed E-state index contributed by atoms with van der Waals surface area (Å²) in [4.78, 5) is 22.8. The SMILES string of the molecule is Cc1ccc(CNc2ncnc(Cl)c2C=O)cn1. The number of anilines is 1. The Morgan fingerprint density at radius 2 is 2.17 bits per heavy atom. The van der Waals surface area contributed by atoms with Crippen LogP contribution in [0.25, 0.3) is 0 Å². The van der Waals surface area contributed by atoms with E-state index in [0.717, 1.165) is 11.3 Å². The second-order valence-corrected chi connectivity index (χ2v) is 4.06. The molecule has 2 heterocycles. The Hall–Kier alpha value is -2.01. The Morgan fingerprint density at radius 1 is 1.33 bits per heavy atom. The highest BCUT2D eigenvalue weighted by molar-refractivity contribution is 6.32. The third-order valence-electron chi connectivity index (χ3n) is 2.39. The van der Waals surface area contributed by atoms with E-state index in [4.69, 9.17) is 11.6 Å². The molecular formula is C12H11ClN4O. The van der Waals surface area contributed by atoms with Crippen LogP contribution in [-0.4, -0.2) is 21.2 Å². The highest BCUT2D eigenvalue weighted by Gasteiger charge is 2.08. The largest absolute Gasteiger partial charge is 0.365 e. The molecule has 0 atom stereocenters. The molecular weight excluding hydrogens is 252 g/mol. The number of nitrogens with zero attached hydrogens (tertiary/aromatic N) is 3. The van der Waals surface area contributed by atoms with Crippen LogP contribution >= 0.6 is 11.6 Å². The number of hydrogen-bond acceptors (Lipinski definition) is 5. The third-order valence-corrected chi connectivity index (χ3v) is 2.69. The minimum absolute atomic E-state index is 0.143. The molecule has 2 aromatic heterocycles. The van der Waals surface area contributed by atoms with Crippen LogP contribution in [0.3, 0.4) is 0 Å². The number of aromatic nitrogens is 3. The molecule has 0 saturated carbocycles. The average molecular weight is 263 g/mol. The van der Waals surface area contributed by atoms with Crippen molar-refractivity contribution in [3.05, 3.63) is 46.6 Å². The molecule has 0 aliphatic carbocycles. The van der Waals surface area contributed by atoms with Gasteiger partial charge in [-0.3, -0.25) is 9.78 Å². The fourth-order valence-electron chi connectivity index (χ4n) is 1.41. The van der Waals surface area contributed by atoms with Crippen molar-refractivity contribution < 1.29 is 4.79 Å². The normalized spacial score (nSPS) is 10.1. The predicted octanol–water partition coefficient (Wildman–Crippen LogP) is 2.26. The van der Waals surface area contributed by atoms with Crippen molar-refractivity contribution in [3.8, 4) is 0 Å². The van der Waals surface area contributed by atoms with Gasteiger partial charge in [-0.2, -0.15) is 0 Å². The Bertz CT molecular complexity index is 557. The lowest BCUT2D eigenvalue weighted by Crippen LogP contribution is -2.06. The minimum Gasteiger partial charge on any atom is -0.365 e. The van der Waals surface area contributed by atoms with Crippen molar-refractivity contribution in [2.45, 2.75) is 13.5 Å². The van der Waals surface area contributed by atoms with Gasteiger partial charge in [0.1, 0.15) is 17.3 Å². The Morgan fingerprint density at radius 3 is 2.83 bits per heavy atom. The van der Waals surface area contributed by atoms with E-state index in [1.54, 1.807) is 6.20 Å². The lowest BCUT2D eigenvalue weighted by atomic mass is 10.2. The maximum atomic E-state index is 10.9. The fourth-order valence-corrected chi connectivity index (χ4v) is 1.59. The molecule has 0 bridgehead atoms.